The lowest BCUT2D eigenvalue weighted by Crippen LogP contribution is -2.26. The minimum absolute atomic E-state index is 0.00636. The van der Waals surface area contributed by atoms with E-state index in [-0.39, 0.29) is 16.8 Å². The van der Waals surface area contributed by atoms with E-state index in [4.69, 9.17) is 25.8 Å². The second-order valence-corrected chi connectivity index (χ2v) is 14.7. The van der Waals surface area contributed by atoms with Crippen molar-refractivity contribution in [1.82, 2.24) is 15.5 Å². The number of hydrogen-bond donors (Lipinski definition) is 4. The van der Waals surface area contributed by atoms with Crippen molar-refractivity contribution < 1.29 is 24.4 Å². The van der Waals surface area contributed by atoms with Gasteiger partial charge in [0, 0.05) is 50.6 Å². The molecule has 4 N–H and O–H groups in total. The second kappa shape index (κ2) is 18.3. The van der Waals surface area contributed by atoms with Gasteiger partial charge in [-0.05, 0) is 90.8 Å². The van der Waals surface area contributed by atoms with Crippen LogP contribution < -0.4 is 24.8 Å². The summed E-state index contributed by atoms with van der Waals surface area (Å²) in [5, 5.41) is 35.5. The van der Waals surface area contributed by atoms with E-state index in [0.717, 1.165) is 77.2 Å². The van der Waals surface area contributed by atoms with Gasteiger partial charge >= 0.3 is 0 Å². The zero-order valence-corrected chi connectivity index (χ0v) is 31.8. The largest absolute Gasteiger partial charge is 0.493 e. The maximum atomic E-state index is 9.80. The lowest BCUT2D eigenvalue weighted by molar-refractivity contribution is 0.173. The number of nitrogens with zero attached hydrogens (tertiary/aromatic N) is 2. The van der Waals surface area contributed by atoms with E-state index in [1.165, 1.54) is 5.56 Å². The molecule has 11 heteroatoms. The summed E-state index contributed by atoms with van der Waals surface area (Å²) in [5.74, 6) is 2.00. The number of ether oxygens (including phenoxy) is 3. The van der Waals surface area contributed by atoms with Crippen LogP contribution in [0.4, 0.5) is 0 Å². The summed E-state index contributed by atoms with van der Waals surface area (Å²) >= 11 is 8.92. The molecule has 2 heterocycles. The van der Waals surface area contributed by atoms with Crippen LogP contribution in [0.1, 0.15) is 40.7 Å². The first-order valence-electron chi connectivity index (χ1n) is 17.0. The van der Waals surface area contributed by atoms with Crippen LogP contribution in [0.3, 0.4) is 0 Å². The molecule has 0 aliphatic carbocycles. The topological polar surface area (TPSA) is 119 Å². The van der Waals surface area contributed by atoms with Crippen molar-refractivity contribution in [3.63, 3.8) is 0 Å². The molecule has 0 unspecified atom stereocenters. The van der Waals surface area contributed by atoms with Gasteiger partial charge in [-0.3, -0.25) is 5.32 Å². The second-order valence-electron chi connectivity index (χ2n) is 12.8. The van der Waals surface area contributed by atoms with Crippen molar-refractivity contribution in [1.29, 1.82) is 5.26 Å². The molecule has 3 aromatic carbocycles. The first-order valence-corrected chi connectivity index (χ1v) is 18.6. The summed E-state index contributed by atoms with van der Waals surface area (Å²) in [5.41, 5.74) is 9.04. The number of aryl methyl sites for hydroxylation is 1. The Labute approximate surface area is 314 Å². The molecule has 0 bridgehead atoms. The van der Waals surface area contributed by atoms with Crippen molar-refractivity contribution in [3.8, 4) is 34.4 Å². The molecule has 0 saturated carbocycles. The maximum Gasteiger partial charge on any atom is 0.142 e. The van der Waals surface area contributed by atoms with E-state index in [1.54, 1.807) is 6.20 Å². The van der Waals surface area contributed by atoms with Crippen LogP contribution in [0.5, 0.6) is 17.2 Å². The highest BCUT2D eigenvalue weighted by Gasteiger charge is 2.20. The van der Waals surface area contributed by atoms with Gasteiger partial charge in [-0.2, -0.15) is 5.26 Å². The molecule has 0 aromatic heterocycles. The standard InChI is InChI=1S/C39H46ClIN4O5/c1-25-8-9-35(48-13-5-11-45-12-10-32(47)21-45)27(3)39(25)33-7-4-6-30(26(33)2)24-50-37-16-36(31(15-34(37)40)20-44-38(41)22-46)49-23-29-14-28(17-42)18-43-19-29/h4,6-9,14-16,18,32,38,43-44,46-47H,5,10-13,19-24H2,1-3H3/t32-,38-/m1/s1. The number of alkyl halides is 1. The molecule has 50 heavy (non-hydrogen) atoms. The minimum Gasteiger partial charge on any atom is -0.493 e. The van der Waals surface area contributed by atoms with E-state index < -0.39 is 0 Å². The van der Waals surface area contributed by atoms with Gasteiger partial charge < -0.3 is 34.6 Å². The molecule has 3 aromatic rings. The molecule has 1 fully saturated rings. The molecule has 2 aliphatic rings. The van der Waals surface area contributed by atoms with Crippen molar-refractivity contribution >= 4 is 34.2 Å². The quantitative estimate of drug-likeness (QED) is 0.0556. The molecule has 1 saturated heterocycles. The van der Waals surface area contributed by atoms with E-state index in [0.29, 0.717) is 55.0 Å². The Bertz CT molecular complexity index is 1760. The number of dihydropyridines is 1. The molecule has 2 atom stereocenters. The van der Waals surface area contributed by atoms with E-state index in [2.05, 4.69) is 95.3 Å². The summed E-state index contributed by atoms with van der Waals surface area (Å²) in [7, 11) is 0. The molecule has 266 valence electrons. The van der Waals surface area contributed by atoms with Crippen molar-refractivity contribution in [2.24, 2.45) is 0 Å². The Kier molecular flexibility index (Phi) is 13.9. The Morgan fingerprint density at radius 3 is 2.64 bits per heavy atom. The van der Waals surface area contributed by atoms with Crippen molar-refractivity contribution in [3.05, 3.63) is 98.7 Å². The van der Waals surface area contributed by atoms with Crippen LogP contribution in [0.25, 0.3) is 11.1 Å². The fourth-order valence-electron chi connectivity index (χ4n) is 6.33. The predicted octanol–water partition coefficient (Wildman–Crippen LogP) is 6.51. The van der Waals surface area contributed by atoms with Gasteiger partial charge in [0.2, 0.25) is 0 Å². The molecule has 9 nitrogen and oxygen atoms in total. The zero-order chi connectivity index (χ0) is 35.6. The number of nitrogens with one attached hydrogen (secondary N) is 2. The summed E-state index contributed by atoms with van der Waals surface area (Å²) in [6.07, 6.45) is 5.08. The lowest BCUT2D eigenvalue weighted by Gasteiger charge is -2.20. The molecule has 2 aliphatic heterocycles. The number of nitriles is 1. The summed E-state index contributed by atoms with van der Waals surface area (Å²) < 4.78 is 18.8. The first-order chi connectivity index (χ1) is 24.2. The van der Waals surface area contributed by atoms with E-state index in [9.17, 15) is 15.5 Å². The summed E-state index contributed by atoms with van der Waals surface area (Å²) in [6, 6.07) is 16.3. The van der Waals surface area contributed by atoms with Crippen molar-refractivity contribution in [2.75, 3.05) is 46.0 Å². The third kappa shape index (κ3) is 9.93. The fourth-order valence-corrected chi connectivity index (χ4v) is 6.79. The first kappa shape index (κ1) is 37.9. The number of hydrogen-bond acceptors (Lipinski definition) is 9. The third-order valence-corrected chi connectivity index (χ3v) is 10.3. The van der Waals surface area contributed by atoms with Crippen LogP contribution in [0.15, 0.2) is 65.9 Å². The molecule has 5 rings (SSSR count). The Morgan fingerprint density at radius 1 is 1.06 bits per heavy atom. The van der Waals surface area contributed by atoms with Gasteiger partial charge in [-0.15, -0.1) is 0 Å². The van der Waals surface area contributed by atoms with Crippen LogP contribution in [0.2, 0.25) is 5.02 Å². The highest BCUT2D eigenvalue weighted by Crippen LogP contribution is 2.38. The molecule has 0 spiro atoms. The normalized spacial score (nSPS) is 16.6. The monoisotopic (exact) mass is 812 g/mol. The van der Waals surface area contributed by atoms with E-state index in [1.807, 2.05) is 18.2 Å². The van der Waals surface area contributed by atoms with Crippen LogP contribution in [-0.4, -0.2) is 71.3 Å². The Balaban J connectivity index is 1.31. The average molecular weight is 813 g/mol. The molecule has 0 radical (unpaired) electrons. The number of allylic oxidation sites excluding steroid dienone is 2. The fraction of sp³-hybridized carbons (Fsp3) is 0.410. The Morgan fingerprint density at radius 2 is 1.88 bits per heavy atom. The third-order valence-electron chi connectivity index (χ3n) is 9.12. The summed E-state index contributed by atoms with van der Waals surface area (Å²) in [4.78, 5) is 2.29. The van der Waals surface area contributed by atoms with Gasteiger partial charge in [0.05, 0.1) is 34.0 Å². The lowest BCUT2D eigenvalue weighted by atomic mass is 9.90. The SMILES string of the molecule is Cc1ccc(OCCCN2CC[C@@H](O)C2)c(C)c1-c1cccc(COc2cc(OCC3=CC(C#N)=CNC3)c(CN[C@@H](I)CO)cc2Cl)c1C. The smallest absolute Gasteiger partial charge is 0.142 e. The number of aliphatic hydroxyl groups excluding tert-OH is 2. The summed E-state index contributed by atoms with van der Waals surface area (Å²) in [6.45, 7) is 11.2. The van der Waals surface area contributed by atoms with Gasteiger partial charge in [0.15, 0.2) is 0 Å². The predicted molar refractivity (Wildman–Crippen MR) is 206 cm³/mol. The van der Waals surface area contributed by atoms with Gasteiger partial charge in [-0.1, -0.05) is 58.5 Å². The minimum atomic E-state index is -0.203. The number of halogens is 2. The van der Waals surface area contributed by atoms with Gasteiger partial charge in [-0.25, -0.2) is 0 Å². The number of benzene rings is 3. The average Bonchev–Trinajstić information content (AvgIpc) is 3.54. The van der Waals surface area contributed by atoms with Crippen molar-refractivity contribution in [2.45, 2.75) is 56.9 Å². The maximum absolute atomic E-state index is 9.80. The Hall–Kier alpha value is -3.31. The van der Waals surface area contributed by atoms with Crippen LogP contribution in [0, 0.1) is 32.1 Å². The molecular weight excluding hydrogens is 767 g/mol. The highest BCUT2D eigenvalue weighted by atomic mass is 127. The number of rotatable bonds is 16. The highest BCUT2D eigenvalue weighted by molar-refractivity contribution is 14.1. The number of aliphatic hydroxyl groups is 2. The van der Waals surface area contributed by atoms with Crippen LogP contribution in [-0.2, 0) is 13.2 Å². The van der Waals surface area contributed by atoms with Gasteiger partial charge in [0.25, 0.3) is 0 Å². The molecule has 0 amide bonds. The number of β-amino-alcohol motifs (C(OH)–C–C–N with tert-alkyl or cyclic N) is 1. The van der Waals surface area contributed by atoms with Crippen LogP contribution >= 0.6 is 34.2 Å². The number of likely N-dealkylation sites (tertiary alicyclic amines) is 1. The zero-order valence-electron chi connectivity index (χ0n) is 28.9. The molecular formula is C39H46ClIN4O5. The van der Waals surface area contributed by atoms with Gasteiger partial charge in [0.1, 0.15) is 36.5 Å². The van der Waals surface area contributed by atoms with E-state index >= 15 is 0 Å².